The van der Waals surface area contributed by atoms with Crippen LogP contribution in [-0.4, -0.2) is 23.4 Å². The van der Waals surface area contributed by atoms with Crippen LogP contribution < -0.4 is 5.32 Å². The fourth-order valence-electron chi connectivity index (χ4n) is 2.45. The van der Waals surface area contributed by atoms with Crippen molar-refractivity contribution in [2.75, 3.05) is 13.6 Å². The summed E-state index contributed by atoms with van der Waals surface area (Å²) in [5.74, 6) is 0. The van der Waals surface area contributed by atoms with Gasteiger partial charge >= 0.3 is 0 Å². The SMILES string of the molecule is CNCCc1c(-c2cc(Br)ccc2C)c(C)nn1C. The van der Waals surface area contributed by atoms with E-state index < -0.39 is 0 Å². The van der Waals surface area contributed by atoms with E-state index in [-0.39, 0.29) is 0 Å². The van der Waals surface area contributed by atoms with Crippen molar-refractivity contribution in [3.63, 3.8) is 0 Å². The molecule has 102 valence electrons. The monoisotopic (exact) mass is 321 g/mol. The van der Waals surface area contributed by atoms with Crippen molar-refractivity contribution >= 4 is 15.9 Å². The summed E-state index contributed by atoms with van der Waals surface area (Å²) < 4.78 is 3.11. The molecule has 1 aromatic heterocycles. The molecule has 0 aliphatic carbocycles. The summed E-state index contributed by atoms with van der Waals surface area (Å²) >= 11 is 3.56. The van der Waals surface area contributed by atoms with Crippen LogP contribution in [0.4, 0.5) is 0 Å². The minimum Gasteiger partial charge on any atom is -0.319 e. The Hall–Kier alpha value is -1.13. The Morgan fingerprint density at radius 2 is 2.05 bits per heavy atom. The Balaban J connectivity index is 2.57. The minimum absolute atomic E-state index is 0.957. The third-order valence-electron chi connectivity index (χ3n) is 3.42. The lowest BCUT2D eigenvalue weighted by Gasteiger charge is -2.10. The zero-order valence-corrected chi connectivity index (χ0v) is 13.5. The van der Waals surface area contributed by atoms with Crippen LogP contribution in [0, 0.1) is 13.8 Å². The molecule has 3 nitrogen and oxygen atoms in total. The van der Waals surface area contributed by atoms with Gasteiger partial charge in [0, 0.05) is 35.7 Å². The molecule has 0 atom stereocenters. The molecule has 0 spiro atoms. The molecule has 0 aliphatic heterocycles. The fourth-order valence-corrected chi connectivity index (χ4v) is 2.81. The highest BCUT2D eigenvalue weighted by atomic mass is 79.9. The highest BCUT2D eigenvalue weighted by molar-refractivity contribution is 9.10. The normalized spacial score (nSPS) is 11.0. The molecular weight excluding hydrogens is 302 g/mol. The van der Waals surface area contributed by atoms with Crippen LogP contribution >= 0.6 is 15.9 Å². The maximum atomic E-state index is 4.58. The predicted octanol–water partition coefficient (Wildman–Crippen LogP) is 3.23. The summed E-state index contributed by atoms with van der Waals surface area (Å²) in [6.07, 6.45) is 0.981. The third kappa shape index (κ3) is 2.90. The maximum absolute atomic E-state index is 4.58. The number of halogens is 1. The van der Waals surface area contributed by atoms with Gasteiger partial charge in [-0.2, -0.15) is 5.10 Å². The summed E-state index contributed by atoms with van der Waals surface area (Å²) in [5.41, 5.74) is 6.20. The number of nitrogens with one attached hydrogen (secondary N) is 1. The first-order valence-corrected chi connectivity index (χ1v) is 7.27. The van der Waals surface area contributed by atoms with Gasteiger partial charge in [-0.05, 0) is 44.2 Å². The summed E-state index contributed by atoms with van der Waals surface area (Å²) in [6, 6.07) is 6.41. The van der Waals surface area contributed by atoms with E-state index in [0.717, 1.165) is 23.1 Å². The van der Waals surface area contributed by atoms with Crippen LogP contribution in [0.3, 0.4) is 0 Å². The molecule has 1 heterocycles. The fraction of sp³-hybridized carbons (Fsp3) is 0.400. The van der Waals surface area contributed by atoms with Gasteiger partial charge in [-0.15, -0.1) is 0 Å². The van der Waals surface area contributed by atoms with E-state index in [1.807, 2.05) is 18.8 Å². The van der Waals surface area contributed by atoms with Crippen molar-refractivity contribution in [3.05, 3.63) is 39.6 Å². The lowest BCUT2D eigenvalue weighted by atomic mass is 9.97. The van der Waals surface area contributed by atoms with Gasteiger partial charge in [-0.1, -0.05) is 22.0 Å². The standard InChI is InChI=1S/C15H20BrN3/c1-10-5-6-12(16)9-13(10)15-11(2)18-19(4)14(15)7-8-17-3/h5-6,9,17H,7-8H2,1-4H3. The zero-order chi connectivity index (χ0) is 14.0. The lowest BCUT2D eigenvalue weighted by Crippen LogP contribution is -2.13. The van der Waals surface area contributed by atoms with Crippen molar-refractivity contribution in [2.24, 2.45) is 7.05 Å². The van der Waals surface area contributed by atoms with Crippen LogP contribution in [0.15, 0.2) is 22.7 Å². The van der Waals surface area contributed by atoms with Gasteiger partial charge in [0.1, 0.15) is 0 Å². The van der Waals surface area contributed by atoms with E-state index in [9.17, 15) is 0 Å². The van der Waals surface area contributed by atoms with Gasteiger partial charge < -0.3 is 5.32 Å². The van der Waals surface area contributed by atoms with Crippen LogP contribution in [0.25, 0.3) is 11.1 Å². The average molecular weight is 322 g/mol. The Labute approximate surface area is 123 Å². The van der Waals surface area contributed by atoms with Gasteiger partial charge in [-0.3, -0.25) is 4.68 Å². The van der Waals surface area contributed by atoms with Crippen molar-refractivity contribution in [1.82, 2.24) is 15.1 Å². The largest absolute Gasteiger partial charge is 0.319 e. The van der Waals surface area contributed by atoms with Crippen LogP contribution in [-0.2, 0) is 13.5 Å². The van der Waals surface area contributed by atoms with Crippen molar-refractivity contribution in [3.8, 4) is 11.1 Å². The molecule has 0 saturated carbocycles. The molecule has 19 heavy (non-hydrogen) atoms. The Bertz CT molecular complexity index is 587. The summed E-state index contributed by atoms with van der Waals surface area (Å²) in [6.45, 7) is 5.19. The van der Waals surface area contributed by atoms with Gasteiger partial charge in [-0.25, -0.2) is 0 Å². The number of hydrogen-bond donors (Lipinski definition) is 1. The number of aryl methyl sites for hydroxylation is 3. The van der Waals surface area contributed by atoms with E-state index >= 15 is 0 Å². The number of benzene rings is 1. The first-order valence-electron chi connectivity index (χ1n) is 6.48. The summed E-state index contributed by atoms with van der Waals surface area (Å²) in [5, 5.41) is 7.79. The lowest BCUT2D eigenvalue weighted by molar-refractivity contribution is 0.678. The number of rotatable bonds is 4. The van der Waals surface area contributed by atoms with Crippen LogP contribution in [0.1, 0.15) is 17.0 Å². The molecule has 0 aliphatic rings. The molecule has 0 saturated heterocycles. The van der Waals surface area contributed by atoms with Crippen molar-refractivity contribution < 1.29 is 0 Å². The number of likely N-dealkylation sites (N-methyl/N-ethyl adjacent to an activating group) is 1. The van der Waals surface area contributed by atoms with Gasteiger partial charge in [0.05, 0.1) is 5.69 Å². The van der Waals surface area contributed by atoms with E-state index in [0.29, 0.717) is 0 Å². The summed E-state index contributed by atoms with van der Waals surface area (Å²) in [7, 11) is 4.00. The molecule has 2 aromatic rings. The van der Waals surface area contributed by atoms with E-state index in [1.54, 1.807) is 0 Å². The number of hydrogen-bond acceptors (Lipinski definition) is 2. The topological polar surface area (TPSA) is 29.9 Å². The Morgan fingerprint density at radius 1 is 1.32 bits per heavy atom. The van der Waals surface area contributed by atoms with Crippen molar-refractivity contribution in [1.29, 1.82) is 0 Å². The second-order valence-corrected chi connectivity index (χ2v) is 5.76. The van der Waals surface area contributed by atoms with Crippen molar-refractivity contribution in [2.45, 2.75) is 20.3 Å². The van der Waals surface area contributed by atoms with Crippen LogP contribution in [0.2, 0.25) is 0 Å². The minimum atomic E-state index is 0.957. The van der Waals surface area contributed by atoms with Gasteiger partial charge in [0.2, 0.25) is 0 Å². The van der Waals surface area contributed by atoms with E-state index in [1.165, 1.54) is 22.4 Å². The smallest absolute Gasteiger partial charge is 0.0675 e. The molecule has 0 radical (unpaired) electrons. The first kappa shape index (κ1) is 14.3. The van der Waals surface area contributed by atoms with E-state index in [2.05, 4.69) is 58.4 Å². The molecular formula is C15H20BrN3. The Morgan fingerprint density at radius 3 is 2.74 bits per heavy atom. The predicted molar refractivity (Wildman–Crippen MR) is 83.4 cm³/mol. The molecule has 0 amide bonds. The van der Waals surface area contributed by atoms with Gasteiger partial charge in [0.25, 0.3) is 0 Å². The zero-order valence-electron chi connectivity index (χ0n) is 11.9. The quantitative estimate of drug-likeness (QED) is 0.937. The average Bonchev–Trinajstić information content (AvgIpc) is 2.64. The van der Waals surface area contributed by atoms with Gasteiger partial charge in [0.15, 0.2) is 0 Å². The molecule has 0 fully saturated rings. The molecule has 1 N–H and O–H groups in total. The highest BCUT2D eigenvalue weighted by Gasteiger charge is 2.16. The highest BCUT2D eigenvalue weighted by Crippen LogP contribution is 2.32. The van der Waals surface area contributed by atoms with Crippen LogP contribution in [0.5, 0.6) is 0 Å². The number of nitrogens with zero attached hydrogens (tertiary/aromatic N) is 2. The summed E-state index contributed by atoms with van der Waals surface area (Å²) in [4.78, 5) is 0. The molecule has 1 aromatic carbocycles. The second-order valence-electron chi connectivity index (χ2n) is 4.84. The molecule has 0 bridgehead atoms. The number of aromatic nitrogens is 2. The molecule has 2 rings (SSSR count). The maximum Gasteiger partial charge on any atom is 0.0675 e. The third-order valence-corrected chi connectivity index (χ3v) is 3.92. The Kier molecular flexibility index (Phi) is 4.42. The molecule has 4 heteroatoms. The first-order chi connectivity index (χ1) is 9.04. The molecule has 0 unspecified atom stereocenters. The van der Waals surface area contributed by atoms with E-state index in [4.69, 9.17) is 0 Å². The second kappa shape index (κ2) is 5.88.